The van der Waals surface area contributed by atoms with E-state index in [0.29, 0.717) is 26.9 Å². The maximum atomic E-state index is 12.9. The van der Waals surface area contributed by atoms with E-state index in [1.54, 1.807) is 49.5 Å². The fourth-order valence-electron chi connectivity index (χ4n) is 2.27. The normalized spacial score (nSPS) is 10.3. The maximum Gasteiger partial charge on any atom is 0.254 e. The van der Waals surface area contributed by atoms with Gasteiger partial charge >= 0.3 is 0 Å². The molecule has 0 heterocycles. The standard InChI is InChI=1S/C18H18BrNO4/c1-20(8-9-21)18(23)15-7-6-13(19)11-16(15)17(22)12-4-3-5-14(10-12)24-2/h3-7,10-11,21H,8-9H2,1-2H3. The van der Waals surface area contributed by atoms with Crippen LogP contribution in [0, 0.1) is 0 Å². The van der Waals surface area contributed by atoms with Gasteiger partial charge in [-0.05, 0) is 30.3 Å². The predicted molar refractivity (Wildman–Crippen MR) is 94.6 cm³/mol. The minimum atomic E-state index is -0.317. The van der Waals surface area contributed by atoms with Crippen LogP contribution >= 0.6 is 15.9 Å². The number of benzene rings is 2. The highest BCUT2D eigenvalue weighted by atomic mass is 79.9. The molecule has 6 heteroatoms. The van der Waals surface area contributed by atoms with Gasteiger partial charge in [-0.3, -0.25) is 9.59 Å². The molecular formula is C18H18BrNO4. The third-order valence-corrected chi connectivity index (χ3v) is 4.06. The smallest absolute Gasteiger partial charge is 0.254 e. The Morgan fingerprint density at radius 3 is 2.58 bits per heavy atom. The number of hydrogen-bond donors (Lipinski definition) is 1. The van der Waals surface area contributed by atoms with Crippen LogP contribution in [0.5, 0.6) is 5.75 Å². The SMILES string of the molecule is COc1cccc(C(=O)c2cc(Br)ccc2C(=O)N(C)CCO)c1. The van der Waals surface area contributed by atoms with E-state index in [4.69, 9.17) is 9.84 Å². The fraction of sp³-hybridized carbons (Fsp3) is 0.222. The zero-order valence-electron chi connectivity index (χ0n) is 13.5. The number of carbonyl (C=O) groups is 2. The molecule has 1 amide bonds. The molecule has 0 aliphatic heterocycles. The van der Waals surface area contributed by atoms with Gasteiger partial charge in [0.1, 0.15) is 5.75 Å². The van der Waals surface area contributed by atoms with Gasteiger partial charge in [0.05, 0.1) is 19.3 Å². The van der Waals surface area contributed by atoms with E-state index in [1.807, 2.05) is 0 Å². The Labute approximate surface area is 149 Å². The number of aliphatic hydroxyl groups excluding tert-OH is 1. The highest BCUT2D eigenvalue weighted by molar-refractivity contribution is 9.10. The summed E-state index contributed by atoms with van der Waals surface area (Å²) in [6, 6.07) is 11.7. The largest absolute Gasteiger partial charge is 0.497 e. The van der Waals surface area contributed by atoms with Crippen LogP contribution in [0.15, 0.2) is 46.9 Å². The fourth-order valence-corrected chi connectivity index (χ4v) is 2.63. The summed E-state index contributed by atoms with van der Waals surface area (Å²) in [6.45, 7) is 0.0552. The van der Waals surface area contributed by atoms with Crippen LogP contribution in [-0.2, 0) is 0 Å². The van der Waals surface area contributed by atoms with E-state index in [2.05, 4.69) is 15.9 Å². The third-order valence-electron chi connectivity index (χ3n) is 3.57. The second-order valence-corrected chi connectivity index (χ2v) is 6.12. The number of likely N-dealkylation sites (N-methyl/N-ethyl adjacent to an activating group) is 1. The molecule has 5 nitrogen and oxygen atoms in total. The summed E-state index contributed by atoms with van der Waals surface area (Å²) in [5.74, 6) is -0.0140. The molecule has 0 saturated heterocycles. The molecule has 2 rings (SSSR count). The second kappa shape index (κ2) is 8.08. The van der Waals surface area contributed by atoms with Crippen LogP contribution in [0.1, 0.15) is 26.3 Å². The summed E-state index contributed by atoms with van der Waals surface area (Å²) < 4.78 is 5.85. The van der Waals surface area contributed by atoms with E-state index < -0.39 is 0 Å². The first-order valence-electron chi connectivity index (χ1n) is 7.32. The Balaban J connectivity index is 2.46. The van der Waals surface area contributed by atoms with Crippen LogP contribution < -0.4 is 4.74 Å². The van der Waals surface area contributed by atoms with Gasteiger partial charge in [-0.25, -0.2) is 0 Å². The van der Waals surface area contributed by atoms with Crippen molar-refractivity contribution in [2.45, 2.75) is 0 Å². The molecule has 0 spiro atoms. The van der Waals surface area contributed by atoms with Crippen molar-refractivity contribution in [3.8, 4) is 5.75 Å². The van der Waals surface area contributed by atoms with Gasteiger partial charge in [0, 0.05) is 29.2 Å². The lowest BCUT2D eigenvalue weighted by molar-refractivity contribution is 0.0763. The van der Waals surface area contributed by atoms with Crippen molar-refractivity contribution < 1.29 is 19.4 Å². The molecule has 0 unspecified atom stereocenters. The Hall–Kier alpha value is -2.18. The first-order chi connectivity index (χ1) is 11.5. The molecule has 0 aliphatic carbocycles. The number of nitrogens with zero attached hydrogens (tertiary/aromatic N) is 1. The van der Waals surface area contributed by atoms with Crippen LogP contribution in [0.4, 0.5) is 0 Å². The molecule has 0 bridgehead atoms. The molecule has 0 radical (unpaired) electrons. The average Bonchev–Trinajstić information content (AvgIpc) is 2.60. The number of hydrogen-bond acceptors (Lipinski definition) is 4. The maximum absolute atomic E-state index is 12.9. The average molecular weight is 392 g/mol. The number of halogens is 1. The summed E-state index contributed by atoms with van der Waals surface area (Å²) in [5, 5.41) is 9.01. The molecule has 0 aromatic heterocycles. The zero-order chi connectivity index (χ0) is 17.7. The van der Waals surface area contributed by atoms with Crippen LogP contribution in [0.2, 0.25) is 0 Å². The minimum absolute atomic E-state index is 0.141. The lowest BCUT2D eigenvalue weighted by Crippen LogP contribution is -2.30. The Kier molecular flexibility index (Phi) is 6.11. The quantitative estimate of drug-likeness (QED) is 0.768. The van der Waals surface area contributed by atoms with Gasteiger partial charge in [-0.15, -0.1) is 0 Å². The second-order valence-electron chi connectivity index (χ2n) is 5.20. The van der Waals surface area contributed by atoms with Crippen molar-refractivity contribution in [2.24, 2.45) is 0 Å². The predicted octanol–water partition coefficient (Wildman–Crippen LogP) is 2.75. The highest BCUT2D eigenvalue weighted by Gasteiger charge is 2.21. The molecule has 0 fully saturated rings. The summed E-state index contributed by atoms with van der Waals surface area (Å²) in [7, 11) is 3.11. The van der Waals surface area contributed by atoms with E-state index in [0.717, 1.165) is 0 Å². The van der Waals surface area contributed by atoms with Crippen molar-refractivity contribution in [2.75, 3.05) is 27.3 Å². The molecular weight excluding hydrogens is 374 g/mol. The molecule has 2 aromatic rings. The first kappa shape index (κ1) is 18.2. The number of ether oxygens (including phenoxy) is 1. The summed E-state index contributed by atoms with van der Waals surface area (Å²) >= 11 is 3.34. The zero-order valence-corrected chi connectivity index (χ0v) is 15.0. The Bertz CT molecular complexity index is 760. The first-order valence-corrected chi connectivity index (χ1v) is 8.12. The van der Waals surface area contributed by atoms with E-state index in [-0.39, 0.29) is 24.8 Å². The number of aliphatic hydroxyl groups is 1. The summed E-state index contributed by atoms with van der Waals surface area (Å²) in [6.07, 6.45) is 0. The van der Waals surface area contributed by atoms with Gasteiger partial charge in [0.25, 0.3) is 5.91 Å². The number of ketones is 1. The minimum Gasteiger partial charge on any atom is -0.497 e. The molecule has 2 aromatic carbocycles. The van der Waals surface area contributed by atoms with E-state index in [1.165, 1.54) is 12.0 Å². The number of rotatable bonds is 6. The van der Waals surface area contributed by atoms with Crippen molar-refractivity contribution in [3.63, 3.8) is 0 Å². The van der Waals surface area contributed by atoms with Gasteiger partial charge in [-0.2, -0.15) is 0 Å². The Morgan fingerprint density at radius 1 is 1.17 bits per heavy atom. The van der Waals surface area contributed by atoms with Crippen molar-refractivity contribution >= 4 is 27.6 Å². The lowest BCUT2D eigenvalue weighted by atomic mass is 9.97. The van der Waals surface area contributed by atoms with Gasteiger partial charge in [-0.1, -0.05) is 28.1 Å². The van der Waals surface area contributed by atoms with Crippen molar-refractivity contribution in [1.82, 2.24) is 4.90 Å². The topological polar surface area (TPSA) is 66.8 Å². The Morgan fingerprint density at radius 2 is 1.92 bits per heavy atom. The van der Waals surface area contributed by atoms with E-state index in [9.17, 15) is 9.59 Å². The van der Waals surface area contributed by atoms with Gasteiger partial charge in [0.2, 0.25) is 0 Å². The van der Waals surface area contributed by atoms with Gasteiger partial charge < -0.3 is 14.7 Å². The number of carbonyl (C=O) groups excluding carboxylic acids is 2. The molecule has 24 heavy (non-hydrogen) atoms. The molecule has 126 valence electrons. The summed E-state index contributed by atoms with van der Waals surface area (Å²) in [4.78, 5) is 26.8. The third kappa shape index (κ3) is 4.01. The molecule has 0 saturated carbocycles. The van der Waals surface area contributed by atoms with Gasteiger partial charge in [0.15, 0.2) is 5.78 Å². The van der Waals surface area contributed by atoms with Crippen molar-refractivity contribution in [1.29, 1.82) is 0 Å². The number of amides is 1. The lowest BCUT2D eigenvalue weighted by Gasteiger charge is -2.18. The van der Waals surface area contributed by atoms with Crippen LogP contribution in [-0.4, -0.2) is 49.0 Å². The molecule has 0 aliphatic rings. The van der Waals surface area contributed by atoms with Crippen molar-refractivity contribution in [3.05, 3.63) is 63.6 Å². The van der Waals surface area contributed by atoms with Crippen LogP contribution in [0.3, 0.4) is 0 Å². The van der Waals surface area contributed by atoms with Crippen LogP contribution in [0.25, 0.3) is 0 Å². The number of methoxy groups -OCH3 is 1. The monoisotopic (exact) mass is 391 g/mol. The highest BCUT2D eigenvalue weighted by Crippen LogP contribution is 2.23. The summed E-state index contributed by atoms with van der Waals surface area (Å²) in [5.41, 5.74) is 1.03. The molecule has 0 atom stereocenters. The molecule has 1 N–H and O–H groups in total. The van der Waals surface area contributed by atoms with E-state index >= 15 is 0 Å².